The Bertz CT molecular complexity index is 625. The summed E-state index contributed by atoms with van der Waals surface area (Å²) in [6, 6.07) is 0.0282. The monoisotopic (exact) mass is 292 g/mol. The van der Waals surface area contributed by atoms with Gasteiger partial charge in [0, 0.05) is 24.0 Å². The van der Waals surface area contributed by atoms with Crippen LogP contribution in [0.25, 0.3) is 10.2 Å². The Kier molecular flexibility index (Phi) is 3.62. The molecule has 0 bridgehead atoms. The van der Waals surface area contributed by atoms with Crippen molar-refractivity contribution in [3.05, 3.63) is 16.8 Å². The van der Waals surface area contributed by atoms with Gasteiger partial charge in [-0.2, -0.15) is 0 Å². The van der Waals surface area contributed by atoms with E-state index >= 15 is 0 Å². The first kappa shape index (κ1) is 13.7. The van der Waals surface area contributed by atoms with Crippen LogP contribution in [-0.4, -0.2) is 41.8 Å². The average molecular weight is 292 g/mol. The van der Waals surface area contributed by atoms with Gasteiger partial charge in [-0.15, -0.1) is 11.3 Å². The second kappa shape index (κ2) is 5.27. The zero-order valence-corrected chi connectivity index (χ0v) is 12.9. The summed E-state index contributed by atoms with van der Waals surface area (Å²) in [5, 5.41) is 1.18. The van der Waals surface area contributed by atoms with E-state index in [4.69, 9.17) is 10.5 Å². The second-order valence-electron chi connectivity index (χ2n) is 5.38. The molecule has 0 amide bonds. The molecule has 1 aliphatic heterocycles. The SMILES string of the molecule is Cc1sc2ncnc(N3CCOC(C(C)N)C3)c2c1C. The number of hydrogen-bond acceptors (Lipinski definition) is 6. The molecule has 0 aromatic carbocycles. The molecule has 0 spiro atoms. The van der Waals surface area contributed by atoms with Gasteiger partial charge in [0.05, 0.1) is 18.1 Å². The Balaban J connectivity index is 2.01. The Hall–Kier alpha value is -1.24. The molecule has 0 radical (unpaired) electrons. The summed E-state index contributed by atoms with van der Waals surface area (Å²) < 4.78 is 5.73. The number of nitrogens with two attached hydrogens (primary N) is 1. The van der Waals surface area contributed by atoms with Crippen molar-refractivity contribution in [3.63, 3.8) is 0 Å². The maximum absolute atomic E-state index is 5.97. The standard InChI is InChI=1S/C14H20N4OS/c1-8-10(3)20-14-12(8)13(16-7-17-14)18-4-5-19-11(6-18)9(2)15/h7,9,11H,4-6,15H2,1-3H3. The smallest absolute Gasteiger partial charge is 0.141 e. The van der Waals surface area contributed by atoms with Crippen LogP contribution in [0.1, 0.15) is 17.4 Å². The number of morpholine rings is 1. The van der Waals surface area contributed by atoms with E-state index in [1.807, 2.05) is 6.92 Å². The summed E-state index contributed by atoms with van der Waals surface area (Å²) >= 11 is 1.73. The van der Waals surface area contributed by atoms with E-state index in [0.717, 1.165) is 23.7 Å². The molecule has 5 nitrogen and oxygen atoms in total. The van der Waals surface area contributed by atoms with Crippen molar-refractivity contribution < 1.29 is 4.74 Å². The maximum atomic E-state index is 5.97. The molecule has 2 aromatic rings. The fraction of sp³-hybridized carbons (Fsp3) is 0.571. The Morgan fingerprint density at radius 3 is 3.00 bits per heavy atom. The fourth-order valence-electron chi connectivity index (χ4n) is 2.59. The number of aryl methyl sites for hydroxylation is 2. The lowest BCUT2D eigenvalue weighted by Gasteiger charge is -2.35. The third kappa shape index (κ3) is 2.28. The molecule has 1 saturated heterocycles. The van der Waals surface area contributed by atoms with Crippen molar-refractivity contribution in [3.8, 4) is 0 Å². The van der Waals surface area contributed by atoms with Crippen LogP contribution in [0.5, 0.6) is 0 Å². The van der Waals surface area contributed by atoms with E-state index in [2.05, 4.69) is 28.7 Å². The molecular formula is C14H20N4OS. The molecule has 3 rings (SSSR count). The molecule has 0 aliphatic carbocycles. The number of aromatic nitrogens is 2. The predicted octanol–water partition coefficient (Wildman–Crippen LogP) is 1.86. The highest BCUT2D eigenvalue weighted by atomic mass is 32.1. The lowest BCUT2D eigenvalue weighted by atomic mass is 10.1. The molecule has 3 heterocycles. The van der Waals surface area contributed by atoms with Crippen LogP contribution in [0.2, 0.25) is 0 Å². The quantitative estimate of drug-likeness (QED) is 0.915. The highest BCUT2D eigenvalue weighted by Gasteiger charge is 2.26. The molecule has 2 unspecified atom stereocenters. The Labute approximate surface area is 122 Å². The second-order valence-corrected chi connectivity index (χ2v) is 6.58. The predicted molar refractivity (Wildman–Crippen MR) is 82.5 cm³/mol. The van der Waals surface area contributed by atoms with Gasteiger partial charge in [0.15, 0.2) is 0 Å². The van der Waals surface area contributed by atoms with Crippen molar-refractivity contribution in [1.29, 1.82) is 0 Å². The largest absolute Gasteiger partial charge is 0.373 e. The van der Waals surface area contributed by atoms with Gasteiger partial charge in [-0.25, -0.2) is 9.97 Å². The zero-order valence-electron chi connectivity index (χ0n) is 12.1. The average Bonchev–Trinajstić information content (AvgIpc) is 2.74. The minimum Gasteiger partial charge on any atom is -0.373 e. The number of nitrogens with zero attached hydrogens (tertiary/aromatic N) is 3. The van der Waals surface area contributed by atoms with Gasteiger partial charge in [0.2, 0.25) is 0 Å². The third-order valence-corrected chi connectivity index (χ3v) is 5.04. The summed E-state index contributed by atoms with van der Waals surface area (Å²) in [7, 11) is 0. The van der Waals surface area contributed by atoms with Crippen LogP contribution in [0.15, 0.2) is 6.33 Å². The molecule has 2 N–H and O–H groups in total. The normalized spacial score (nSPS) is 21.4. The number of anilines is 1. The number of thiophene rings is 1. The number of rotatable bonds is 2. The number of ether oxygens (including phenoxy) is 1. The molecule has 2 atom stereocenters. The first-order valence-corrected chi connectivity index (χ1v) is 7.72. The minimum atomic E-state index is 0.0282. The lowest BCUT2D eigenvalue weighted by molar-refractivity contribution is 0.0274. The summed E-state index contributed by atoms with van der Waals surface area (Å²) in [5.74, 6) is 1.02. The molecule has 1 aliphatic rings. The topological polar surface area (TPSA) is 64.3 Å². The van der Waals surface area contributed by atoms with Crippen LogP contribution in [0, 0.1) is 13.8 Å². The van der Waals surface area contributed by atoms with Gasteiger partial charge in [-0.05, 0) is 26.3 Å². The van der Waals surface area contributed by atoms with E-state index in [-0.39, 0.29) is 12.1 Å². The minimum absolute atomic E-state index is 0.0282. The Morgan fingerprint density at radius 2 is 2.25 bits per heavy atom. The fourth-order valence-corrected chi connectivity index (χ4v) is 3.58. The van der Waals surface area contributed by atoms with Crippen LogP contribution in [0.3, 0.4) is 0 Å². The van der Waals surface area contributed by atoms with Crippen molar-refractivity contribution in [1.82, 2.24) is 9.97 Å². The van der Waals surface area contributed by atoms with Gasteiger partial charge in [-0.3, -0.25) is 0 Å². The molecule has 1 fully saturated rings. The van der Waals surface area contributed by atoms with Gasteiger partial charge < -0.3 is 15.4 Å². The first-order chi connectivity index (χ1) is 9.58. The highest BCUT2D eigenvalue weighted by Crippen LogP contribution is 2.34. The summed E-state index contributed by atoms with van der Waals surface area (Å²) in [6.07, 6.45) is 1.72. The summed E-state index contributed by atoms with van der Waals surface area (Å²) in [4.78, 5) is 13.6. The summed E-state index contributed by atoms with van der Waals surface area (Å²) in [5.41, 5.74) is 7.25. The van der Waals surface area contributed by atoms with E-state index < -0.39 is 0 Å². The number of fused-ring (bicyclic) bond motifs is 1. The van der Waals surface area contributed by atoms with Gasteiger partial charge >= 0.3 is 0 Å². The van der Waals surface area contributed by atoms with E-state index in [9.17, 15) is 0 Å². The van der Waals surface area contributed by atoms with Gasteiger partial charge in [0.1, 0.15) is 17.0 Å². The van der Waals surface area contributed by atoms with Crippen molar-refractivity contribution in [2.24, 2.45) is 5.73 Å². The molecular weight excluding hydrogens is 272 g/mol. The molecule has 108 valence electrons. The van der Waals surface area contributed by atoms with Crippen LogP contribution >= 0.6 is 11.3 Å². The molecule has 2 aromatic heterocycles. The van der Waals surface area contributed by atoms with Crippen molar-refractivity contribution in [2.75, 3.05) is 24.6 Å². The molecule has 20 heavy (non-hydrogen) atoms. The summed E-state index contributed by atoms with van der Waals surface area (Å²) in [6.45, 7) is 8.60. The Morgan fingerprint density at radius 1 is 1.45 bits per heavy atom. The van der Waals surface area contributed by atoms with E-state index in [1.54, 1.807) is 17.7 Å². The number of hydrogen-bond donors (Lipinski definition) is 1. The van der Waals surface area contributed by atoms with Crippen LogP contribution in [0.4, 0.5) is 5.82 Å². The zero-order chi connectivity index (χ0) is 14.3. The van der Waals surface area contributed by atoms with Gasteiger partial charge in [0.25, 0.3) is 0 Å². The van der Waals surface area contributed by atoms with E-state index in [0.29, 0.717) is 6.61 Å². The van der Waals surface area contributed by atoms with Crippen LogP contribution in [-0.2, 0) is 4.74 Å². The third-order valence-electron chi connectivity index (χ3n) is 3.92. The molecule has 6 heteroatoms. The molecule has 0 saturated carbocycles. The maximum Gasteiger partial charge on any atom is 0.141 e. The van der Waals surface area contributed by atoms with Crippen molar-refractivity contribution >= 4 is 27.4 Å². The highest BCUT2D eigenvalue weighted by molar-refractivity contribution is 7.18. The van der Waals surface area contributed by atoms with E-state index in [1.165, 1.54) is 15.8 Å². The van der Waals surface area contributed by atoms with Crippen molar-refractivity contribution in [2.45, 2.75) is 32.9 Å². The van der Waals surface area contributed by atoms with Gasteiger partial charge in [-0.1, -0.05) is 0 Å². The first-order valence-electron chi connectivity index (χ1n) is 6.90. The lowest BCUT2D eigenvalue weighted by Crippen LogP contribution is -2.49. The van der Waals surface area contributed by atoms with Crippen LogP contribution < -0.4 is 10.6 Å².